The van der Waals surface area contributed by atoms with Crippen LogP contribution in [0.1, 0.15) is 75.6 Å². The van der Waals surface area contributed by atoms with Gasteiger partial charge < -0.3 is 15.7 Å². The highest BCUT2D eigenvalue weighted by Crippen LogP contribution is 2.31. The zero-order valence-electron chi connectivity index (χ0n) is 16.2. The maximum atomic E-state index is 12.3. The van der Waals surface area contributed by atoms with Crippen molar-refractivity contribution in [2.24, 2.45) is 5.41 Å². The van der Waals surface area contributed by atoms with Crippen molar-refractivity contribution in [3.8, 4) is 0 Å². The van der Waals surface area contributed by atoms with E-state index in [1.54, 1.807) is 38.1 Å². The fourth-order valence-electron chi connectivity index (χ4n) is 3.61. The predicted octanol–water partition coefficient (Wildman–Crippen LogP) is 3.97. The fourth-order valence-corrected chi connectivity index (χ4v) is 3.61. The second-order valence-corrected chi connectivity index (χ2v) is 7.40. The number of hydrogen-bond donors (Lipinski definition) is 3. The molecule has 0 aliphatic heterocycles. The highest BCUT2D eigenvalue weighted by Gasteiger charge is 2.37. The van der Waals surface area contributed by atoms with Crippen molar-refractivity contribution in [3.63, 3.8) is 0 Å². The van der Waals surface area contributed by atoms with Crippen molar-refractivity contribution in [1.82, 2.24) is 5.32 Å². The Morgan fingerprint density at radius 1 is 1.04 bits per heavy atom. The number of hydrogen-bond acceptors (Lipinski definition) is 3. The van der Waals surface area contributed by atoms with Crippen molar-refractivity contribution in [1.29, 1.82) is 0 Å². The zero-order valence-corrected chi connectivity index (χ0v) is 16.2. The molecule has 1 saturated carbocycles. The average Bonchev–Trinajstić information content (AvgIpc) is 2.67. The number of aliphatic carboxylic acids is 1. The second-order valence-electron chi connectivity index (χ2n) is 7.40. The minimum atomic E-state index is -1.04. The van der Waals surface area contributed by atoms with Gasteiger partial charge in [0.2, 0.25) is 5.91 Å². The standard InChI is InChI=1S/C21H30N2O4/c1-3-21(4-2,20(26)27)14-18(24)22-17-12-10-15(11-13-17)19(25)23-16-8-6-5-7-9-16/h10-13,16H,3-9,14H2,1-2H3,(H,22,24)(H,23,25)(H,26,27). The molecule has 0 aromatic heterocycles. The van der Waals surface area contributed by atoms with Gasteiger partial charge in [-0.25, -0.2) is 0 Å². The molecule has 1 aromatic rings. The van der Waals surface area contributed by atoms with Crippen LogP contribution in [0.3, 0.4) is 0 Å². The molecule has 27 heavy (non-hydrogen) atoms. The van der Waals surface area contributed by atoms with Gasteiger partial charge in [-0.2, -0.15) is 0 Å². The molecule has 0 spiro atoms. The van der Waals surface area contributed by atoms with Crippen LogP contribution in [0.25, 0.3) is 0 Å². The van der Waals surface area contributed by atoms with E-state index in [9.17, 15) is 19.5 Å². The molecule has 0 heterocycles. The topological polar surface area (TPSA) is 95.5 Å². The van der Waals surface area contributed by atoms with Gasteiger partial charge >= 0.3 is 5.97 Å². The monoisotopic (exact) mass is 374 g/mol. The summed E-state index contributed by atoms with van der Waals surface area (Å²) >= 11 is 0. The highest BCUT2D eigenvalue weighted by atomic mass is 16.4. The van der Waals surface area contributed by atoms with Crippen molar-refractivity contribution < 1.29 is 19.5 Å². The number of carbonyl (C=O) groups excluding carboxylic acids is 2. The Kier molecular flexibility index (Phi) is 7.39. The van der Waals surface area contributed by atoms with Crippen molar-refractivity contribution in [2.45, 2.75) is 71.3 Å². The van der Waals surface area contributed by atoms with Gasteiger partial charge in [0, 0.05) is 23.7 Å². The number of carbonyl (C=O) groups is 3. The van der Waals surface area contributed by atoms with Crippen LogP contribution in [-0.4, -0.2) is 28.9 Å². The Bertz CT molecular complexity index is 659. The van der Waals surface area contributed by atoms with Crippen LogP contribution in [0, 0.1) is 5.41 Å². The maximum Gasteiger partial charge on any atom is 0.310 e. The van der Waals surface area contributed by atoms with Crippen LogP contribution in [0.15, 0.2) is 24.3 Å². The van der Waals surface area contributed by atoms with E-state index in [1.165, 1.54) is 6.42 Å². The summed E-state index contributed by atoms with van der Waals surface area (Å²) in [7, 11) is 0. The molecular formula is C21H30N2O4. The smallest absolute Gasteiger partial charge is 0.310 e. The number of nitrogens with one attached hydrogen (secondary N) is 2. The van der Waals surface area contributed by atoms with Crippen LogP contribution in [0.5, 0.6) is 0 Å². The largest absolute Gasteiger partial charge is 0.481 e. The first-order chi connectivity index (χ1) is 12.9. The second kappa shape index (κ2) is 9.53. The maximum absolute atomic E-state index is 12.3. The first-order valence-corrected chi connectivity index (χ1v) is 9.84. The predicted molar refractivity (Wildman–Crippen MR) is 105 cm³/mol. The van der Waals surface area contributed by atoms with Gasteiger partial charge in [-0.05, 0) is 49.9 Å². The van der Waals surface area contributed by atoms with Gasteiger partial charge in [0.05, 0.1) is 5.41 Å². The molecule has 0 saturated heterocycles. The Morgan fingerprint density at radius 2 is 1.63 bits per heavy atom. The molecule has 0 radical (unpaired) electrons. The zero-order chi connectivity index (χ0) is 19.9. The number of benzene rings is 1. The minimum Gasteiger partial charge on any atom is -0.481 e. The summed E-state index contributed by atoms with van der Waals surface area (Å²) in [5.41, 5.74) is 0.0745. The summed E-state index contributed by atoms with van der Waals surface area (Å²) in [6.07, 6.45) is 6.32. The first kappa shape index (κ1) is 20.9. The Balaban J connectivity index is 1.93. The van der Waals surface area contributed by atoms with E-state index in [0.717, 1.165) is 25.7 Å². The SMILES string of the molecule is CCC(CC)(CC(=O)Nc1ccc(C(=O)NC2CCCCC2)cc1)C(=O)O. The van der Waals surface area contributed by atoms with E-state index < -0.39 is 11.4 Å². The molecule has 1 fully saturated rings. The molecule has 2 rings (SSSR count). The lowest BCUT2D eigenvalue weighted by Crippen LogP contribution is -2.36. The van der Waals surface area contributed by atoms with Gasteiger partial charge in [0.15, 0.2) is 0 Å². The number of rotatable bonds is 8. The average molecular weight is 374 g/mol. The fraction of sp³-hybridized carbons (Fsp3) is 0.571. The Morgan fingerprint density at radius 3 is 2.15 bits per heavy atom. The van der Waals surface area contributed by atoms with Crippen molar-refractivity contribution >= 4 is 23.5 Å². The van der Waals surface area contributed by atoms with Crippen molar-refractivity contribution in [2.75, 3.05) is 5.32 Å². The van der Waals surface area contributed by atoms with Crippen LogP contribution >= 0.6 is 0 Å². The lowest BCUT2D eigenvalue weighted by Gasteiger charge is -2.25. The number of amides is 2. The molecule has 6 nitrogen and oxygen atoms in total. The molecule has 2 amide bonds. The molecular weight excluding hydrogens is 344 g/mol. The molecule has 3 N–H and O–H groups in total. The Hall–Kier alpha value is -2.37. The first-order valence-electron chi connectivity index (χ1n) is 9.84. The van der Waals surface area contributed by atoms with Gasteiger partial charge in [-0.3, -0.25) is 14.4 Å². The lowest BCUT2D eigenvalue weighted by molar-refractivity contribution is -0.151. The van der Waals surface area contributed by atoms with Crippen LogP contribution in [0.2, 0.25) is 0 Å². The number of carboxylic acid groups (broad SMARTS) is 1. The van der Waals surface area contributed by atoms with E-state index in [1.807, 2.05) is 0 Å². The van der Waals surface area contributed by atoms with E-state index in [2.05, 4.69) is 10.6 Å². The van der Waals surface area contributed by atoms with Gasteiger partial charge in [0.1, 0.15) is 0 Å². The van der Waals surface area contributed by atoms with Gasteiger partial charge in [0.25, 0.3) is 5.91 Å². The third-order valence-electron chi connectivity index (χ3n) is 5.68. The summed E-state index contributed by atoms with van der Waals surface area (Å²) < 4.78 is 0. The normalized spacial score (nSPS) is 15.2. The summed E-state index contributed by atoms with van der Waals surface area (Å²) in [6.45, 7) is 3.56. The van der Waals surface area contributed by atoms with Crippen LogP contribution < -0.4 is 10.6 Å². The number of carboxylic acids is 1. The summed E-state index contributed by atoms with van der Waals surface area (Å²) in [4.78, 5) is 36.1. The molecule has 1 aromatic carbocycles. The highest BCUT2D eigenvalue weighted by molar-refractivity contribution is 5.97. The van der Waals surface area contributed by atoms with Crippen LogP contribution in [0.4, 0.5) is 5.69 Å². The summed E-state index contributed by atoms with van der Waals surface area (Å²) in [6, 6.07) is 6.95. The lowest BCUT2D eigenvalue weighted by atomic mass is 9.79. The summed E-state index contributed by atoms with van der Waals surface area (Å²) in [5.74, 6) is -1.38. The molecule has 0 bridgehead atoms. The van der Waals surface area contributed by atoms with E-state index in [4.69, 9.17) is 0 Å². The molecule has 1 aliphatic rings. The molecule has 0 atom stereocenters. The molecule has 148 valence electrons. The van der Waals surface area contributed by atoms with Crippen LogP contribution in [-0.2, 0) is 9.59 Å². The molecule has 1 aliphatic carbocycles. The quantitative estimate of drug-likeness (QED) is 0.641. The van der Waals surface area contributed by atoms with Gasteiger partial charge in [-0.15, -0.1) is 0 Å². The summed E-state index contributed by atoms with van der Waals surface area (Å²) in [5, 5.41) is 15.2. The molecule has 6 heteroatoms. The van der Waals surface area contributed by atoms with E-state index >= 15 is 0 Å². The number of anilines is 1. The van der Waals surface area contributed by atoms with Gasteiger partial charge in [-0.1, -0.05) is 33.1 Å². The third kappa shape index (κ3) is 5.55. The third-order valence-corrected chi connectivity index (χ3v) is 5.68. The minimum absolute atomic E-state index is 0.0702. The van der Waals surface area contributed by atoms with E-state index in [-0.39, 0.29) is 24.3 Å². The van der Waals surface area contributed by atoms with E-state index in [0.29, 0.717) is 24.1 Å². The molecule has 0 unspecified atom stereocenters. The Labute approximate surface area is 160 Å². The van der Waals surface area contributed by atoms with Crippen molar-refractivity contribution in [3.05, 3.63) is 29.8 Å².